The minimum Gasteiger partial charge on any atom is -0.349 e. The second kappa shape index (κ2) is 4.79. The summed E-state index contributed by atoms with van der Waals surface area (Å²) >= 11 is 0. The summed E-state index contributed by atoms with van der Waals surface area (Å²) in [6.45, 7) is 2.22. The van der Waals surface area contributed by atoms with Gasteiger partial charge in [0.25, 0.3) is 0 Å². The van der Waals surface area contributed by atoms with Crippen LogP contribution in [0, 0.1) is 0 Å². The lowest BCUT2D eigenvalue weighted by atomic mass is 10.0. The second-order valence-corrected chi connectivity index (χ2v) is 3.81. The van der Waals surface area contributed by atoms with Crippen LogP contribution < -0.4 is 10.6 Å². The standard InChI is InChI=1S/C12H15N3O/c1-9(16)14-12-13-8-7-11(15-12)10-5-3-2-4-6-10/h2-6,11H,7-8H2,1H3,(H2,13,14,15,16). The van der Waals surface area contributed by atoms with Crippen molar-refractivity contribution < 1.29 is 4.79 Å². The molecule has 1 aliphatic rings. The van der Waals surface area contributed by atoms with Crippen LogP contribution >= 0.6 is 0 Å². The van der Waals surface area contributed by atoms with Gasteiger partial charge >= 0.3 is 0 Å². The molecule has 2 N–H and O–H groups in total. The van der Waals surface area contributed by atoms with Crippen LogP contribution in [0.3, 0.4) is 0 Å². The number of nitrogens with one attached hydrogen (secondary N) is 2. The predicted molar refractivity (Wildman–Crippen MR) is 63.1 cm³/mol. The average Bonchev–Trinajstić information content (AvgIpc) is 2.30. The van der Waals surface area contributed by atoms with E-state index in [-0.39, 0.29) is 11.9 Å². The highest BCUT2D eigenvalue weighted by Gasteiger charge is 2.17. The van der Waals surface area contributed by atoms with E-state index in [0.29, 0.717) is 5.96 Å². The topological polar surface area (TPSA) is 53.5 Å². The minimum absolute atomic E-state index is 0.0973. The monoisotopic (exact) mass is 217 g/mol. The summed E-state index contributed by atoms with van der Waals surface area (Å²) < 4.78 is 0. The molecule has 0 saturated carbocycles. The molecule has 1 aromatic rings. The van der Waals surface area contributed by atoms with Gasteiger partial charge in [0.1, 0.15) is 0 Å². The Bertz CT molecular complexity index is 400. The Morgan fingerprint density at radius 3 is 2.88 bits per heavy atom. The van der Waals surface area contributed by atoms with Gasteiger partial charge in [0.05, 0.1) is 6.04 Å². The van der Waals surface area contributed by atoms with Crippen LogP contribution in [0.1, 0.15) is 24.9 Å². The number of benzene rings is 1. The predicted octanol–water partition coefficient (Wildman–Crippen LogP) is 1.21. The fourth-order valence-electron chi connectivity index (χ4n) is 1.77. The Morgan fingerprint density at radius 1 is 1.44 bits per heavy atom. The molecular weight excluding hydrogens is 202 g/mol. The third kappa shape index (κ3) is 2.59. The highest BCUT2D eigenvalue weighted by molar-refractivity contribution is 5.96. The Labute approximate surface area is 94.8 Å². The van der Waals surface area contributed by atoms with E-state index in [1.165, 1.54) is 12.5 Å². The third-order valence-electron chi connectivity index (χ3n) is 2.50. The summed E-state index contributed by atoms with van der Waals surface area (Å²) in [6, 6.07) is 10.4. The number of guanidine groups is 1. The van der Waals surface area contributed by atoms with Crippen LogP contribution in [0.25, 0.3) is 0 Å². The molecule has 4 nitrogen and oxygen atoms in total. The van der Waals surface area contributed by atoms with Crippen LogP contribution in [0.15, 0.2) is 35.3 Å². The normalized spacial score (nSPS) is 19.6. The number of rotatable bonds is 1. The van der Waals surface area contributed by atoms with Crippen LogP contribution in [0.4, 0.5) is 0 Å². The summed E-state index contributed by atoms with van der Waals surface area (Å²) in [6.07, 6.45) is 0.951. The van der Waals surface area contributed by atoms with Gasteiger partial charge in [0.15, 0.2) is 5.96 Å². The first kappa shape index (κ1) is 10.7. The van der Waals surface area contributed by atoms with Crippen molar-refractivity contribution in [3.63, 3.8) is 0 Å². The minimum atomic E-state index is -0.0973. The maximum absolute atomic E-state index is 10.9. The molecule has 1 unspecified atom stereocenters. The lowest BCUT2D eigenvalue weighted by Crippen LogP contribution is -2.44. The van der Waals surface area contributed by atoms with E-state index in [1.807, 2.05) is 18.2 Å². The molecule has 1 aliphatic heterocycles. The molecule has 1 heterocycles. The zero-order valence-electron chi connectivity index (χ0n) is 9.23. The Kier molecular flexibility index (Phi) is 3.19. The van der Waals surface area contributed by atoms with E-state index in [1.54, 1.807) is 0 Å². The number of aliphatic imine (C=N–C) groups is 1. The molecular formula is C12H15N3O. The van der Waals surface area contributed by atoms with Crippen molar-refractivity contribution in [2.24, 2.45) is 4.99 Å². The van der Waals surface area contributed by atoms with Gasteiger partial charge in [0, 0.05) is 13.5 Å². The van der Waals surface area contributed by atoms with Gasteiger partial charge in [-0.2, -0.15) is 0 Å². The van der Waals surface area contributed by atoms with Crippen LogP contribution in [-0.4, -0.2) is 18.4 Å². The fourth-order valence-corrected chi connectivity index (χ4v) is 1.77. The molecule has 4 heteroatoms. The summed E-state index contributed by atoms with van der Waals surface area (Å²) in [5.74, 6) is 0.479. The lowest BCUT2D eigenvalue weighted by Gasteiger charge is -2.24. The van der Waals surface area contributed by atoms with Gasteiger partial charge in [-0.15, -0.1) is 0 Å². The number of nitrogens with zero attached hydrogens (tertiary/aromatic N) is 1. The van der Waals surface area contributed by atoms with E-state index in [2.05, 4.69) is 27.8 Å². The molecule has 1 aromatic carbocycles. The van der Waals surface area contributed by atoms with Crippen molar-refractivity contribution in [3.05, 3.63) is 35.9 Å². The van der Waals surface area contributed by atoms with Gasteiger partial charge in [-0.05, 0) is 12.0 Å². The first-order valence-corrected chi connectivity index (χ1v) is 5.39. The third-order valence-corrected chi connectivity index (χ3v) is 2.50. The number of carbonyl (C=O) groups excluding carboxylic acids is 1. The molecule has 1 amide bonds. The molecule has 0 bridgehead atoms. The summed E-state index contributed by atoms with van der Waals surface area (Å²) in [4.78, 5) is 15.1. The Balaban J connectivity index is 2.05. The van der Waals surface area contributed by atoms with E-state index >= 15 is 0 Å². The van der Waals surface area contributed by atoms with E-state index in [0.717, 1.165) is 13.0 Å². The summed E-state index contributed by atoms with van der Waals surface area (Å²) in [7, 11) is 0. The number of carbonyl (C=O) groups is 1. The number of hydrogen-bond acceptors (Lipinski definition) is 3. The molecule has 0 aliphatic carbocycles. The quantitative estimate of drug-likeness (QED) is 0.743. The highest BCUT2D eigenvalue weighted by atomic mass is 16.1. The van der Waals surface area contributed by atoms with Gasteiger partial charge in [-0.25, -0.2) is 0 Å². The van der Waals surface area contributed by atoms with Crippen LogP contribution in [-0.2, 0) is 4.79 Å². The van der Waals surface area contributed by atoms with Gasteiger partial charge in [-0.3, -0.25) is 15.1 Å². The average molecular weight is 217 g/mol. The van der Waals surface area contributed by atoms with Crippen LogP contribution in [0.5, 0.6) is 0 Å². The maximum atomic E-state index is 10.9. The molecule has 0 spiro atoms. The zero-order valence-corrected chi connectivity index (χ0v) is 9.23. The molecule has 0 saturated heterocycles. The molecule has 16 heavy (non-hydrogen) atoms. The molecule has 84 valence electrons. The number of amides is 1. The molecule has 0 fully saturated rings. The highest BCUT2D eigenvalue weighted by Crippen LogP contribution is 2.18. The maximum Gasteiger partial charge on any atom is 0.223 e. The SMILES string of the molecule is CC(=O)NC1=NCCC(c2ccccc2)N1. The first-order valence-electron chi connectivity index (χ1n) is 5.39. The van der Waals surface area contributed by atoms with Gasteiger partial charge in [0.2, 0.25) is 5.91 Å². The zero-order chi connectivity index (χ0) is 11.4. The summed E-state index contributed by atoms with van der Waals surface area (Å²) in [5.41, 5.74) is 1.22. The van der Waals surface area contributed by atoms with Crippen molar-refractivity contribution >= 4 is 11.9 Å². The largest absolute Gasteiger partial charge is 0.349 e. The lowest BCUT2D eigenvalue weighted by molar-refractivity contribution is -0.117. The van der Waals surface area contributed by atoms with Crippen LogP contribution in [0.2, 0.25) is 0 Å². The Hall–Kier alpha value is -1.84. The van der Waals surface area contributed by atoms with Crippen molar-refractivity contribution in [2.45, 2.75) is 19.4 Å². The Morgan fingerprint density at radius 2 is 2.19 bits per heavy atom. The van der Waals surface area contributed by atoms with Crippen molar-refractivity contribution in [1.29, 1.82) is 0 Å². The van der Waals surface area contributed by atoms with Crippen molar-refractivity contribution in [3.8, 4) is 0 Å². The van der Waals surface area contributed by atoms with Crippen molar-refractivity contribution in [1.82, 2.24) is 10.6 Å². The van der Waals surface area contributed by atoms with Crippen molar-refractivity contribution in [2.75, 3.05) is 6.54 Å². The smallest absolute Gasteiger partial charge is 0.223 e. The molecule has 0 aromatic heterocycles. The molecule has 0 radical (unpaired) electrons. The fraction of sp³-hybridized carbons (Fsp3) is 0.333. The van der Waals surface area contributed by atoms with Gasteiger partial charge in [-0.1, -0.05) is 30.3 Å². The second-order valence-electron chi connectivity index (χ2n) is 3.81. The van der Waals surface area contributed by atoms with E-state index in [9.17, 15) is 4.79 Å². The molecule has 2 rings (SSSR count). The molecule has 1 atom stereocenters. The van der Waals surface area contributed by atoms with E-state index < -0.39 is 0 Å². The summed E-state index contributed by atoms with van der Waals surface area (Å²) in [5, 5.41) is 5.90. The first-order chi connectivity index (χ1) is 7.75. The number of hydrogen-bond donors (Lipinski definition) is 2. The van der Waals surface area contributed by atoms with E-state index in [4.69, 9.17) is 0 Å². The van der Waals surface area contributed by atoms with Gasteiger partial charge < -0.3 is 5.32 Å².